The molecule has 0 aliphatic heterocycles. The van der Waals surface area contributed by atoms with Crippen molar-refractivity contribution in [1.29, 1.82) is 0 Å². The van der Waals surface area contributed by atoms with Gasteiger partial charge in [0.2, 0.25) is 5.91 Å². The van der Waals surface area contributed by atoms with E-state index in [1.54, 1.807) is 0 Å². The topological polar surface area (TPSA) is 95.6 Å². The van der Waals surface area contributed by atoms with Gasteiger partial charge in [-0.15, -0.1) is 0 Å². The van der Waals surface area contributed by atoms with E-state index in [2.05, 4.69) is 5.32 Å². The highest BCUT2D eigenvalue weighted by molar-refractivity contribution is 5.78. The molecule has 0 aromatic heterocycles. The maximum absolute atomic E-state index is 11.7. The molecule has 5 nitrogen and oxygen atoms in total. The molecular weight excluding hydrogens is 208 g/mol. The van der Waals surface area contributed by atoms with Crippen LogP contribution >= 0.6 is 0 Å². The minimum atomic E-state index is -1.27. The molecule has 0 rings (SSSR count). The van der Waals surface area contributed by atoms with E-state index in [1.165, 1.54) is 6.92 Å². The van der Waals surface area contributed by atoms with Crippen molar-refractivity contribution in [2.45, 2.75) is 32.8 Å². The van der Waals surface area contributed by atoms with E-state index in [9.17, 15) is 9.90 Å². The van der Waals surface area contributed by atoms with Gasteiger partial charge in [0.1, 0.15) is 5.60 Å². The van der Waals surface area contributed by atoms with Crippen LogP contribution in [-0.2, 0) is 4.79 Å². The molecule has 0 aliphatic rings. The van der Waals surface area contributed by atoms with Crippen molar-refractivity contribution in [2.24, 2.45) is 17.6 Å². The van der Waals surface area contributed by atoms with E-state index in [-0.39, 0.29) is 25.0 Å². The van der Waals surface area contributed by atoms with Crippen LogP contribution in [0.1, 0.15) is 27.2 Å². The van der Waals surface area contributed by atoms with Crippen molar-refractivity contribution in [3.63, 3.8) is 0 Å². The summed E-state index contributed by atoms with van der Waals surface area (Å²) >= 11 is 0. The van der Waals surface area contributed by atoms with E-state index in [4.69, 9.17) is 10.8 Å². The van der Waals surface area contributed by atoms with Crippen LogP contribution in [-0.4, -0.2) is 41.4 Å². The number of aliphatic hydroxyl groups excluding tert-OH is 1. The molecule has 96 valence electrons. The van der Waals surface area contributed by atoms with Crippen molar-refractivity contribution in [2.75, 3.05) is 19.7 Å². The van der Waals surface area contributed by atoms with Gasteiger partial charge < -0.3 is 21.3 Å². The number of aliphatic hydroxyl groups is 2. The van der Waals surface area contributed by atoms with Gasteiger partial charge in [-0.1, -0.05) is 13.8 Å². The van der Waals surface area contributed by atoms with Gasteiger partial charge in [0.05, 0.1) is 12.5 Å². The van der Waals surface area contributed by atoms with Crippen LogP contribution in [0.2, 0.25) is 0 Å². The highest BCUT2D eigenvalue weighted by atomic mass is 16.3. The molecule has 5 N–H and O–H groups in total. The van der Waals surface area contributed by atoms with Crippen molar-refractivity contribution >= 4 is 5.91 Å². The summed E-state index contributed by atoms with van der Waals surface area (Å²) in [7, 11) is 0. The Balaban J connectivity index is 4.12. The maximum Gasteiger partial charge on any atom is 0.224 e. The summed E-state index contributed by atoms with van der Waals surface area (Å²) in [5.74, 6) is 0.0112. The predicted molar refractivity (Wildman–Crippen MR) is 62.7 cm³/mol. The quantitative estimate of drug-likeness (QED) is 0.474. The van der Waals surface area contributed by atoms with E-state index in [0.29, 0.717) is 12.5 Å². The number of carbonyl (C=O) groups is 1. The van der Waals surface area contributed by atoms with Crippen LogP contribution in [0.15, 0.2) is 0 Å². The second-order valence-electron chi connectivity index (χ2n) is 4.94. The van der Waals surface area contributed by atoms with Gasteiger partial charge in [-0.05, 0) is 19.3 Å². The Labute approximate surface area is 97.0 Å². The normalized spacial score (nSPS) is 16.9. The zero-order chi connectivity index (χ0) is 12.8. The zero-order valence-electron chi connectivity index (χ0n) is 10.4. The van der Waals surface area contributed by atoms with Gasteiger partial charge >= 0.3 is 0 Å². The third-order valence-electron chi connectivity index (χ3n) is 2.40. The van der Waals surface area contributed by atoms with Crippen LogP contribution in [0.5, 0.6) is 0 Å². The standard InChI is InChI=1S/C11H24N2O3/c1-8(2)4-9(5-12)10(15)13-6-11(3,16)7-14/h8-9,14,16H,4-7,12H2,1-3H3,(H,13,15). The van der Waals surface area contributed by atoms with Gasteiger partial charge in [-0.3, -0.25) is 4.79 Å². The Hall–Kier alpha value is -0.650. The van der Waals surface area contributed by atoms with Gasteiger partial charge in [0.15, 0.2) is 0 Å². The van der Waals surface area contributed by atoms with Gasteiger partial charge in [0.25, 0.3) is 0 Å². The van der Waals surface area contributed by atoms with Gasteiger partial charge in [0, 0.05) is 13.1 Å². The van der Waals surface area contributed by atoms with Gasteiger partial charge in [-0.2, -0.15) is 0 Å². The lowest BCUT2D eigenvalue weighted by molar-refractivity contribution is -0.126. The molecule has 0 aromatic carbocycles. The molecule has 5 heteroatoms. The SMILES string of the molecule is CC(C)CC(CN)C(=O)NCC(C)(O)CO. The molecule has 0 saturated carbocycles. The van der Waals surface area contributed by atoms with E-state index in [0.717, 1.165) is 6.42 Å². The summed E-state index contributed by atoms with van der Waals surface area (Å²) in [6.07, 6.45) is 0.726. The number of nitrogens with two attached hydrogens (primary N) is 1. The lowest BCUT2D eigenvalue weighted by Gasteiger charge is -2.23. The first kappa shape index (κ1) is 15.3. The minimum Gasteiger partial charge on any atom is -0.393 e. The van der Waals surface area contributed by atoms with Gasteiger partial charge in [-0.25, -0.2) is 0 Å². The van der Waals surface area contributed by atoms with E-state index >= 15 is 0 Å². The first-order valence-corrected chi connectivity index (χ1v) is 5.63. The molecule has 2 atom stereocenters. The average molecular weight is 232 g/mol. The molecule has 0 radical (unpaired) electrons. The fourth-order valence-corrected chi connectivity index (χ4v) is 1.36. The third-order valence-corrected chi connectivity index (χ3v) is 2.40. The van der Waals surface area contributed by atoms with Crippen LogP contribution in [0.4, 0.5) is 0 Å². The summed E-state index contributed by atoms with van der Waals surface area (Å²) in [6.45, 7) is 5.47. The van der Waals surface area contributed by atoms with Crippen LogP contribution in [0.25, 0.3) is 0 Å². The number of nitrogens with one attached hydrogen (secondary N) is 1. The Bertz CT molecular complexity index is 217. The summed E-state index contributed by atoms with van der Waals surface area (Å²) in [6, 6.07) is 0. The Morgan fingerprint density at radius 1 is 1.50 bits per heavy atom. The number of hydrogen-bond donors (Lipinski definition) is 4. The first-order valence-electron chi connectivity index (χ1n) is 5.63. The monoisotopic (exact) mass is 232 g/mol. The Morgan fingerprint density at radius 2 is 2.06 bits per heavy atom. The van der Waals surface area contributed by atoms with Crippen LogP contribution < -0.4 is 11.1 Å². The largest absolute Gasteiger partial charge is 0.393 e. The Kier molecular flexibility index (Phi) is 6.55. The Morgan fingerprint density at radius 3 is 2.44 bits per heavy atom. The molecule has 0 saturated heterocycles. The molecule has 0 heterocycles. The van der Waals surface area contributed by atoms with E-state index in [1.807, 2.05) is 13.8 Å². The molecule has 1 amide bonds. The van der Waals surface area contributed by atoms with Crippen LogP contribution in [0, 0.1) is 11.8 Å². The molecule has 0 bridgehead atoms. The van der Waals surface area contributed by atoms with Crippen molar-refractivity contribution in [1.82, 2.24) is 5.32 Å². The smallest absolute Gasteiger partial charge is 0.224 e. The number of carbonyl (C=O) groups excluding carboxylic acids is 1. The molecule has 2 unspecified atom stereocenters. The molecule has 16 heavy (non-hydrogen) atoms. The first-order chi connectivity index (χ1) is 7.32. The zero-order valence-corrected chi connectivity index (χ0v) is 10.4. The second kappa shape index (κ2) is 6.83. The fraction of sp³-hybridized carbons (Fsp3) is 0.909. The number of amides is 1. The van der Waals surface area contributed by atoms with Crippen LogP contribution in [0.3, 0.4) is 0 Å². The molecule has 0 aliphatic carbocycles. The number of rotatable bonds is 7. The fourth-order valence-electron chi connectivity index (χ4n) is 1.36. The molecule has 0 spiro atoms. The minimum absolute atomic E-state index is 0.0386. The van der Waals surface area contributed by atoms with Crippen molar-refractivity contribution in [3.05, 3.63) is 0 Å². The second-order valence-corrected chi connectivity index (χ2v) is 4.94. The molecule has 0 aromatic rings. The lowest BCUT2D eigenvalue weighted by atomic mass is 9.96. The summed E-state index contributed by atoms with van der Waals surface area (Å²) < 4.78 is 0. The average Bonchev–Trinajstić information content (AvgIpc) is 2.22. The lowest BCUT2D eigenvalue weighted by Crippen LogP contribution is -2.46. The number of hydrogen-bond acceptors (Lipinski definition) is 4. The van der Waals surface area contributed by atoms with Crippen molar-refractivity contribution < 1.29 is 15.0 Å². The van der Waals surface area contributed by atoms with E-state index < -0.39 is 5.60 Å². The predicted octanol–water partition coefficient (Wildman–Crippen LogP) is -0.533. The summed E-state index contributed by atoms with van der Waals surface area (Å²) in [4.78, 5) is 11.7. The highest BCUT2D eigenvalue weighted by Gasteiger charge is 2.23. The third kappa shape index (κ3) is 6.05. The van der Waals surface area contributed by atoms with Crippen molar-refractivity contribution in [3.8, 4) is 0 Å². The summed E-state index contributed by atoms with van der Waals surface area (Å²) in [5, 5.41) is 20.9. The maximum atomic E-state index is 11.7. The summed E-state index contributed by atoms with van der Waals surface area (Å²) in [5.41, 5.74) is 4.25. The molecule has 0 fully saturated rings. The molecular formula is C11H24N2O3. The highest BCUT2D eigenvalue weighted by Crippen LogP contribution is 2.11.